The Labute approximate surface area is 68.5 Å². The topological polar surface area (TPSA) is 50.7 Å². The predicted octanol–water partition coefficient (Wildman–Crippen LogP) is 0.561. The highest BCUT2D eigenvalue weighted by molar-refractivity contribution is 5.26. The van der Waals surface area contributed by atoms with E-state index in [1.54, 1.807) is 23.3 Å². The lowest BCUT2D eigenvalue weighted by Crippen LogP contribution is -2.02. The second-order valence-electron chi connectivity index (χ2n) is 2.37. The van der Waals surface area contributed by atoms with Gasteiger partial charge >= 0.3 is 0 Å². The molecule has 0 amide bonds. The van der Waals surface area contributed by atoms with Gasteiger partial charge < -0.3 is 0 Å². The third kappa shape index (κ3) is 1.14. The molecular formula is C8H7N3O. The average molecular weight is 161 g/mol. The van der Waals surface area contributed by atoms with Gasteiger partial charge in [0.05, 0.1) is 5.69 Å². The first-order valence-electron chi connectivity index (χ1n) is 3.54. The lowest BCUT2D eigenvalue weighted by atomic mass is 10.4. The number of rotatable bonds is 1. The fourth-order valence-electron chi connectivity index (χ4n) is 0.991. The molecule has 0 fully saturated rings. The smallest absolute Gasteiger partial charge is 0.264 e. The van der Waals surface area contributed by atoms with E-state index in [0.29, 0.717) is 0 Å². The second kappa shape index (κ2) is 2.65. The van der Waals surface area contributed by atoms with Crippen LogP contribution in [0.25, 0.3) is 5.69 Å². The zero-order valence-electron chi connectivity index (χ0n) is 6.27. The minimum Gasteiger partial charge on any atom is -0.268 e. The van der Waals surface area contributed by atoms with E-state index in [1.807, 2.05) is 12.1 Å². The van der Waals surface area contributed by atoms with Crippen molar-refractivity contribution in [1.82, 2.24) is 14.8 Å². The number of hydrogen-bond acceptors (Lipinski definition) is 2. The Balaban J connectivity index is 2.51. The molecule has 0 aliphatic heterocycles. The maximum absolute atomic E-state index is 10.8. The van der Waals surface area contributed by atoms with Gasteiger partial charge in [0.15, 0.2) is 0 Å². The summed E-state index contributed by atoms with van der Waals surface area (Å²) in [5.74, 6) is 0. The van der Waals surface area contributed by atoms with Crippen LogP contribution in [0.4, 0.5) is 0 Å². The highest BCUT2D eigenvalue weighted by atomic mass is 16.1. The van der Waals surface area contributed by atoms with E-state index in [1.165, 1.54) is 6.07 Å². The van der Waals surface area contributed by atoms with Crippen LogP contribution in [0, 0.1) is 0 Å². The molecule has 1 N–H and O–H groups in total. The molecule has 0 atom stereocenters. The monoisotopic (exact) mass is 161 g/mol. The Kier molecular flexibility index (Phi) is 1.51. The molecule has 2 heterocycles. The van der Waals surface area contributed by atoms with Crippen LogP contribution >= 0.6 is 0 Å². The Morgan fingerprint density at radius 2 is 2.00 bits per heavy atom. The maximum atomic E-state index is 10.8. The summed E-state index contributed by atoms with van der Waals surface area (Å²) < 4.78 is 1.64. The Morgan fingerprint density at radius 1 is 1.25 bits per heavy atom. The van der Waals surface area contributed by atoms with E-state index in [4.69, 9.17) is 0 Å². The van der Waals surface area contributed by atoms with Crippen molar-refractivity contribution in [3.63, 3.8) is 0 Å². The molecule has 4 heteroatoms. The van der Waals surface area contributed by atoms with E-state index in [-0.39, 0.29) is 5.56 Å². The summed E-state index contributed by atoms with van der Waals surface area (Å²) in [6.45, 7) is 0. The van der Waals surface area contributed by atoms with Crippen LogP contribution in [0.3, 0.4) is 0 Å². The quantitative estimate of drug-likeness (QED) is 0.664. The van der Waals surface area contributed by atoms with Crippen molar-refractivity contribution in [2.45, 2.75) is 0 Å². The second-order valence-corrected chi connectivity index (χ2v) is 2.37. The van der Waals surface area contributed by atoms with Crippen molar-refractivity contribution in [1.29, 1.82) is 0 Å². The number of hydrogen-bond donors (Lipinski definition) is 1. The van der Waals surface area contributed by atoms with Gasteiger partial charge in [-0.25, -0.2) is 0 Å². The zero-order valence-corrected chi connectivity index (χ0v) is 6.27. The summed E-state index contributed by atoms with van der Waals surface area (Å²) in [6.07, 6.45) is 5.03. The van der Waals surface area contributed by atoms with Crippen LogP contribution < -0.4 is 5.56 Å². The summed E-state index contributed by atoms with van der Waals surface area (Å²) in [5.41, 5.74) is 0.791. The third-order valence-electron chi connectivity index (χ3n) is 1.55. The van der Waals surface area contributed by atoms with Gasteiger partial charge in [-0.05, 0) is 12.1 Å². The average Bonchev–Trinajstić information content (AvgIpc) is 2.54. The molecule has 0 aromatic carbocycles. The van der Waals surface area contributed by atoms with Crippen LogP contribution in [-0.2, 0) is 0 Å². The number of H-pyrrole nitrogens is 1. The number of nitrogens with zero attached hydrogens (tertiary/aromatic N) is 2. The van der Waals surface area contributed by atoms with Crippen LogP contribution in [-0.4, -0.2) is 14.8 Å². The van der Waals surface area contributed by atoms with E-state index in [9.17, 15) is 4.79 Å². The molecule has 0 saturated carbocycles. The molecule has 2 rings (SSSR count). The first-order chi connectivity index (χ1) is 5.86. The molecule has 0 saturated heterocycles. The fraction of sp³-hybridized carbons (Fsp3) is 0. The molecular weight excluding hydrogens is 154 g/mol. The first-order valence-corrected chi connectivity index (χ1v) is 3.54. The summed E-state index contributed by atoms with van der Waals surface area (Å²) in [4.78, 5) is 14.6. The van der Waals surface area contributed by atoms with Crippen molar-refractivity contribution in [3.8, 4) is 5.69 Å². The zero-order chi connectivity index (χ0) is 8.39. The molecule has 0 radical (unpaired) electrons. The Hall–Kier alpha value is -1.84. The van der Waals surface area contributed by atoms with Crippen LogP contribution in [0.5, 0.6) is 0 Å². The molecule has 12 heavy (non-hydrogen) atoms. The van der Waals surface area contributed by atoms with Crippen molar-refractivity contribution in [3.05, 3.63) is 47.1 Å². The van der Waals surface area contributed by atoms with Crippen molar-refractivity contribution in [2.75, 3.05) is 0 Å². The normalized spacial score (nSPS) is 10.0. The first kappa shape index (κ1) is 6.84. The van der Waals surface area contributed by atoms with Gasteiger partial charge in [0.25, 0.3) is 5.56 Å². The molecule has 0 bridgehead atoms. The summed E-state index contributed by atoms with van der Waals surface area (Å²) in [6, 6.07) is 5.10. The third-order valence-corrected chi connectivity index (χ3v) is 1.55. The van der Waals surface area contributed by atoms with Gasteiger partial charge in [0, 0.05) is 24.7 Å². The highest BCUT2D eigenvalue weighted by Crippen LogP contribution is 2.00. The van der Waals surface area contributed by atoms with E-state index in [2.05, 4.69) is 10.1 Å². The highest BCUT2D eigenvalue weighted by Gasteiger charge is 1.93. The molecule has 4 nitrogen and oxygen atoms in total. The van der Waals surface area contributed by atoms with Gasteiger partial charge in [0.1, 0.15) is 0 Å². The largest absolute Gasteiger partial charge is 0.268 e. The Morgan fingerprint density at radius 3 is 2.58 bits per heavy atom. The number of aromatic nitrogens is 3. The standard InChI is InChI=1S/C8H7N3O/c12-8-3-6-11(10-8)7-1-4-9-5-2-7/h1-6H,(H,10,12). The number of nitrogens with one attached hydrogen (secondary N) is 1. The summed E-state index contributed by atoms with van der Waals surface area (Å²) in [5, 5.41) is 2.63. The maximum Gasteiger partial charge on any atom is 0.264 e. The SMILES string of the molecule is O=c1ccn(-c2ccncc2)[nH]1. The molecule has 0 spiro atoms. The van der Waals surface area contributed by atoms with Crippen molar-refractivity contribution >= 4 is 0 Å². The molecule has 0 aliphatic carbocycles. The van der Waals surface area contributed by atoms with Gasteiger partial charge in [0.2, 0.25) is 0 Å². The van der Waals surface area contributed by atoms with E-state index >= 15 is 0 Å². The van der Waals surface area contributed by atoms with Crippen molar-refractivity contribution in [2.24, 2.45) is 0 Å². The Bertz CT molecular complexity index is 415. The van der Waals surface area contributed by atoms with Crippen molar-refractivity contribution < 1.29 is 0 Å². The van der Waals surface area contributed by atoms with E-state index in [0.717, 1.165) is 5.69 Å². The fourth-order valence-corrected chi connectivity index (χ4v) is 0.991. The van der Waals surface area contributed by atoms with Crippen LogP contribution in [0.15, 0.2) is 41.6 Å². The minimum absolute atomic E-state index is 0.105. The van der Waals surface area contributed by atoms with Gasteiger partial charge in [-0.15, -0.1) is 0 Å². The van der Waals surface area contributed by atoms with Crippen LogP contribution in [0.2, 0.25) is 0 Å². The van der Waals surface area contributed by atoms with Gasteiger partial charge in [-0.2, -0.15) is 0 Å². The molecule has 60 valence electrons. The molecule has 0 aliphatic rings. The lowest BCUT2D eigenvalue weighted by Gasteiger charge is -1.98. The molecule has 0 unspecified atom stereocenters. The molecule has 2 aromatic heterocycles. The summed E-state index contributed by atoms with van der Waals surface area (Å²) in [7, 11) is 0. The van der Waals surface area contributed by atoms with E-state index < -0.39 is 0 Å². The number of aromatic amines is 1. The molecule has 2 aromatic rings. The van der Waals surface area contributed by atoms with Gasteiger partial charge in [-0.3, -0.25) is 19.6 Å². The van der Waals surface area contributed by atoms with Gasteiger partial charge in [-0.1, -0.05) is 0 Å². The number of pyridine rings is 1. The predicted molar refractivity (Wildman–Crippen MR) is 44.2 cm³/mol. The van der Waals surface area contributed by atoms with Crippen LogP contribution in [0.1, 0.15) is 0 Å². The lowest BCUT2D eigenvalue weighted by molar-refractivity contribution is 0.861. The summed E-state index contributed by atoms with van der Waals surface area (Å²) >= 11 is 0. The minimum atomic E-state index is -0.105.